The zero-order valence-electron chi connectivity index (χ0n) is 13.9. The maximum atomic E-state index is 12.6. The van der Waals surface area contributed by atoms with Crippen LogP contribution in [0.3, 0.4) is 0 Å². The highest BCUT2D eigenvalue weighted by atomic mass is 35.5. The summed E-state index contributed by atoms with van der Waals surface area (Å²) in [5, 5.41) is 14.6. The standard InChI is InChI=1S/C19H19ClN2O3/c1-13-3-8-16(22(24)25)11-17(13)18(23)21-12-19(9-2-10-19)14-4-6-15(20)7-5-14/h3-8,11H,2,9-10,12H2,1H3,(H,21,23). The molecule has 0 aliphatic heterocycles. The number of carbonyl (C=O) groups excluding carboxylic acids is 1. The number of hydrogen-bond acceptors (Lipinski definition) is 3. The van der Waals surface area contributed by atoms with Crippen LogP contribution in [-0.4, -0.2) is 17.4 Å². The highest BCUT2D eigenvalue weighted by Crippen LogP contribution is 2.43. The van der Waals surface area contributed by atoms with Crippen molar-refractivity contribution < 1.29 is 9.72 Å². The van der Waals surface area contributed by atoms with Crippen LogP contribution in [-0.2, 0) is 5.41 Å². The number of nitrogens with one attached hydrogen (secondary N) is 1. The molecule has 25 heavy (non-hydrogen) atoms. The third-order valence-electron chi connectivity index (χ3n) is 5.03. The van der Waals surface area contributed by atoms with Gasteiger partial charge in [-0.2, -0.15) is 0 Å². The van der Waals surface area contributed by atoms with Gasteiger partial charge in [0.05, 0.1) is 4.92 Å². The van der Waals surface area contributed by atoms with Gasteiger partial charge in [0.1, 0.15) is 0 Å². The fourth-order valence-corrected chi connectivity index (χ4v) is 3.41. The number of hydrogen-bond donors (Lipinski definition) is 1. The van der Waals surface area contributed by atoms with Crippen molar-refractivity contribution in [3.63, 3.8) is 0 Å². The summed E-state index contributed by atoms with van der Waals surface area (Å²) in [6.45, 7) is 2.28. The lowest BCUT2D eigenvalue weighted by Crippen LogP contribution is -2.45. The highest BCUT2D eigenvalue weighted by Gasteiger charge is 2.38. The number of nitro groups is 1. The Morgan fingerprint density at radius 3 is 2.48 bits per heavy atom. The summed E-state index contributed by atoms with van der Waals surface area (Å²) in [5.74, 6) is -0.276. The van der Waals surface area contributed by atoms with Gasteiger partial charge in [0.25, 0.3) is 11.6 Å². The van der Waals surface area contributed by atoms with Crippen LogP contribution in [0.15, 0.2) is 42.5 Å². The number of carbonyl (C=O) groups is 1. The van der Waals surface area contributed by atoms with Crippen molar-refractivity contribution in [1.29, 1.82) is 0 Å². The van der Waals surface area contributed by atoms with E-state index >= 15 is 0 Å². The molecule has 6 heteroatoms. The molecule has 2 aromatic carbocycles. The SMILES string of the molecule is Cc1ccc([N+](=O)[O-])cc1C(=O)NCC1(c2ccc(Cl)cc2)CCC1. The summed E-state index contributed by atoms with van der Waals surface area (Å²) in [6.07, 6.45) is 3.12. The second kappa shape index (κ2) is 6.84. The van der Waals surface area contributed by atoms with E-state index in [4.69, 9.17) is 11.6 Å². The maximum absolute atomic E-state index is 12.6. The first-order valence-electron chi connectivity index (χ1n) is 8.21. The summed E-state index contributed by atoms with van der Waals surface area (Å²) in [5.41, 5.74) is 2.08. The first-order valence-corrected chi connectivity index (χ1v) is 8.58. The Labute approximate surface area is 151 Å². The number of non-ortho nitro benzene ring substituents is 1. The predicted octanol–water partition coefficient (Wildman–Crippen LogP) is 4.41. The number of amides is 1. The Morgan fingerprint density at radius 2 is 1.92 bits per heavy atom. The Hall–Kier alpha value is -2.40. The third kappa shape index (κ3) is 3.51. The zero-order chi connectivity index (χ0) is 18.0. The maximum Gasteiger partial charge on any atom is 0.270 e. The molecule has 1 aliphatic carbocycles. The van der Waals surface area contributed by atoms with E-state index in [9.17, 15) is 14.9 Å². The van der Waals surface area contributed by atoms with E-state index in [1.807, 2.05) is 24.3 Å². The summed E-state index contributed by atoms with van der Waals surface area (Å²) in [4.78, 5) is 23.0. The molecule has 1 aliphatic rings. The number of benzene rings is 2. The van der Waals surface area contributed by atoms with Crippen LogP contribution < -0.4 is 5.32 Å². The minimum atomic E-state index is -0.489. The molecule has 0 bridgehead atoms. The first kappa shape index (κ1) is 17.4. The van der Waals surface area contributed by atoms with Crippen LogP contribution >= 0.6 is 11.6 Å². The molecule has 0 aromatic heterocycles. The van der Waals surface area contributed by atoms with Crippen LogP contribution in [0.25, 0.3) is 0 Å². The largest absolute Gasteiger partial charge is 0.351 e. The third-order valence-corrected chi connectivity index (χ3v) is 5.28. The number of aryl methyl sites for hydroxylation is 1. The van der Waals surface area contributed by atoms with Crippen molar-refractivity contribution in [3.05, 3.63) is 74.3 Å². The highest BCUT2D eigenvalue weighted by molar-refractivity contribution is 6.30. The monoisotopic (exact) mass is 358 g/mol. The Kier molecular flexibility index (Phi) is 4.77. The molecule has 130 valence electrons. The molecule has 2 aromatic rings. The Balaban J connectivity index is 1.76. The van der Waals surface area contributed by atoms with Gasteiger partial charge >= 0.3 is 0 Å². The van der Waals surface area contributed by atoms with Crippen LogP contribution in [0.1, 0.15) is 40.7 Å². The van der Waals surface area contributed by atoms with Crippen LogP contribution in [0, 0.1) is 17.0 Å². The van der Waals surface area contributed by atoms with Crippen LogP contribution in [0.4, 0.5) is 5.69 Å². The molecule has 0 saturated heterocycles. The average Bonchev–Trinajstić information content (AvgIpc) is 2.55. The van der Waals surface area contributed by atoms with Gasteiger partial charge in [0.2, 0.25) is 0 Å². The van der Waals surface area contributed by atoms with Crippen LogP contribution in [0.5, 0.6) is 0 Å². The van der Waals surface area contributed by atoms with Crippen molar-refractivity contribution in [1.82, 2.24) is 5.32 Å². The summed E-state index contributed by atoms with van der Waals surface area (Å²) in [7, 11) is 0. The van der Waals surface area contributed by atoms with E-state index in [1.54, 1.807) is 13.0 Å². The van der Waals surface area contributed by atoms with Gasteiger partial charge in [-0.25, -0.2) is 0 Å². The van der Waals surface area contributed by atoms with E-state index in [-0.39, 0.29) is 17.0 Å². The number of nitro benzene ring substituents is 1. The van der Waals surface area contributed by atoms with Crippen molar-refractivity contribution in [3.8, 4) is 0 Å². The van der Waals surface area contributed by atoms with E-state index in [1.165, 1.54) is 17.7 Å². The second-order valence-electron chi connectivity index (χ2n) is 6.58. The van der Waals surface area contributed by atoms with Gasteiger partial charge in [-0.05, 0) is 43.0 Å². The molecule has 1 amide bonds. The van der Waals surface area contributed by atoms with E-state index in [0.29, 0.717) is 17.1 Å². The average molecular weight is 359 g/mol. The number of rotatable bonds is 5. The van der Waals surface area contributed by atoms with E-state index in [2.05, 4.69) is 5.32 Å². The molecule has 0 spiro atoms. The summed E-state index contributed by atoms with van der Waals surface area (Å²) >= 11 is 5.96. The minimum Gasteiger partial charge on any atom is -0.351 e. The van der Waals surface area contributed by atoms with Crippen molar-refractivity contribution in [2.75, 3.05) is 6.54 Å². The van der Waals surface area contributed by atoms with Crippen molar-refractivity contribution in [2.24, 2.45) is 0 Å². The summed E-state index contributed by atoms with van der Waals surface area (Å²) < 4.78 is 0. The van der Waals surface area contributed by atoms with Gasteiger partial charge in [-0.15, -0.1) is 0 Å². The lowest BCUT2D eigenvalue weighted by atomic mass is 9.64. The fourth-order valence-electron chi connectivity index (χ4n) is 3.29. The first-order chi connectivity index (χ1) is 11.9. The Bertz CT molecular complexity index is 814. The smallest absolute Gasteiger partial charge is 0.270 e. The van der Waals surface area contributed by atoms with Gasteiger partial charge in [-0.1, -0.05) is 36.2 Å². The molecular formula is C19H19ClN2O3. The second-order valence-corrected chi connectivity index (χ2v) is 7.02. The molecule has 1 fully saturated rings. The normalized spacial score (nSPS) is 15.3. The van der Waals surface area contributed by atoms with Gasteiger partial charge in [0, 0.05) is 34.7 Å². The van der Waals surface area contributed by atoms with E-state index in [0.717, 1.165) is 24.8 Å². The molecule has 0 radical (unpaired) electrons. The molecule has 0 atom stereocenters. The molecule has 1 saturated carbocycles. The zero-order valence-corrected chi connectivity index (χ0v) is 14.7. The lowest BCUT2D eigenvalue weighted by Gasteiger charge is -2.42. The topological polar surface area (TPSA) is 72.2 Å². The molecular weight excluding hydrogens is 340 g/mol. The lowest BCUT2D eigenvalue weighted by molar-refractivity contribution is -0.384. The van der Waals surface area contributed by atoms with Gasteiger partial charge < -0.3 is 5.32 Å². The van der Waals surface area contributed by atoms with Gasteiger partial charge in [0.15, 0.2) is 0 Å². The molecule has 0 unspecified atom stereocenters. The summed E-state index contributed by atoms with van der Waals surface area (Å²) in [6, 6.07) is 12.1. The van der Waals surface area contributed by atoms with E-state index < -0.39 is 4.92 Å². The molecule has 5 nitrogen and oxygen atoms in total. The predicted molar refractivity (Wildman–Crippen MR) is 97.1 cm³/mol. The Morgan fingerprint density at radius 1 is 1.24 bits per heavy atom. The fraction of sp³-hybridized carbons (Fsp3) is 0.316. The minimum absolute atomic E-state index is 0.0745. The molecule has 0 heterocycles. The molecule has 3 rings (SSSR count). The van der Waals surface area contributed by atoms with Gasteiger partial charge in [-0.3, -0.25) is 14.9 Å². The van der Waals surface area contributed by atoms with Crippen molar-refractivity contribution in [2.45, 2.75) is 31.6 Å². The van der Waals surface area contributed by atoms with Crippen molar-refractivity contribution >= 4 is 23.2 Å². The molecule has 1 N–H and O–H groups in total. The number of nitrogens with zero attached hydrogens (tertiary/aromatic N) is 1. The number of halogens is 1. The quantitative estimate of drug-likeness (QED) is 0.635. The van der Waals surface area contributed by atoms with Crippen LogP contribution in [0.2, 0.25) is 5.02 Å².